The van der Waals surface area contributed by atoms with Gasteiger partial charge in [0, 0.05) is 18.3 Å². The molecular formula is C29H44O4. The van der Waals surface area contributed by atoms with Gasteiger partial charge < -0.3 is 4.74 Å². The van der Waals surface area contributed by atoms with Gasteiger partial charge in [0.05, 0.1) is 7.11 Å². The lowest BCUT2D eigenvalue weighted by Gasteiger charge is -2.61. The third kappa shape index (κ3) is 4.04. The fourth-order valence-corrected chi connectivity index (χ4v) is 9.03. The van der Waals surface area contributed by atoms with Crippen molar-refractivity contribution in [2.45, 2.75) is 86.0 Å². The summed E-state index contributed by atoms with van der Waals surface area (Å²) in [5.41, 5.74) is 0.277. The number of esters is 1. The van der Waals surface area contributed by atoms with Gasteiger partial charge in [-0.2, -0.15) is 0 Å². The quantitative estimate of drug-likeness (QED) is 0.362. The van der Waals surface area contributed by atoms with E-state index >= 15 is 0 Å². The van der Waals surface area contributed by atoms with Crippen LogP contribution in [0.2, 0.25) is 0 Å². The zero-order valence-corrected chi connectivity index (χ0v) is 21.6. The lowest BCUT2D eigenvalue weighted by atomic mass is 9.43. The number of allylic oxidation sites excluding steroid dienone is 2. The van der Waals surface area contributed by atoms with Crippen molar-refractivity contribution in [2.24, 2.45) is 58.2 Å². The Balaban J connectivity index is 1.63. The highest BCUT2D eigenvalue weighted by Gasteiger charge is 2.62. The van der Waals surface area contributed by atoms with Crippen LogP contribution in [0.25, 0.3) is 0 Å². The molecule has 0 aromatic rings. The van der Waals surface area contributed by atoms with Gasteiger partial charge >= 0.3 is 5.97 Å². The molecule has 3 saturated carbocycles. The minimum absolute atomic E-state index is 0.0875. The maximum Gasteiger partial charge on any atom is 0.305 e. The largest absolute Gasteiger partial charge is 0.469 e. The molecule has 4 nitrogen and oxygen atoms in total. The summed E-state index contributed by atoms with van der Waals surface area (Å²) in [4.78, 5) is 36.9. The van der Waals surface area contributed by atoms with Crippen LogP contribution < -0.4 is 0 Å². The second-order valence-corrected chi connectivity index (χ2v) is 12.4. The van der Waals surface area contributed by atoms with E-state index < -0.39 is 0 Å². The number of rotatable bonds is 6. The van der Waals surface area contributed by atoms with Crippen LogP contribution >= 0.6 is 0 Å². The Labute approximate surface area is 200 Å². The summed E-state index contributed by atoms with van der Waals surface area (Å²) in [6.07, 6.45) is 12.7. The van der Waals surface area contributed by atoms with Gasteiger partial charge in [0.25, 0.3) is 0 Å². The van der Waals surface area contributed by atoms with Crippen LogP contribution in [0.4, 0.5) is 0 Å². The number of ketones is 2. The number of ether oxygens (including phenoxy) is 1. The second kappa shape index (κ2) is 8.96. The third-order valence-corrected chi connectivity index (χ3v) is 11.0. The number of hydrogen-bond acceptors (Lipinski definition) is 4. The number of fused-ring (bicyclic) bond motifs is 5. The highest BCUT2D eigenvalue weighted by molar-refractivity contribution is 5.80. The first-order valence-electron chi connectivity index (χ1n) is 13.3. The first kappa shape index (κ1) is 24.7. The molecule has 4 aliphatic rings. The SMILES string of the molecule is COC(=O)CC[C@@H](C)[C@H]1CC[C@H]2[C@@H]3C(C(C)=O)CC4CC(C(C)=O)CC[C@]4(C)[C@H]3C=C[C@]12C. The average molecular weight is 457 g/mol. The first-order chi connectivity index (χ1) is 15.5. The highest BCUT2D eigenvalue weighted by atomic mass is 16.5. The van der Waals surface area contributed by atoms with Crippen LogP contribution in [-0.2, 0) is 19.1 Å². The molecule has 0 heterocycles. The molecule has 0 saturated heterocycles. The van der Waals surface area contributed by atoms with Gasteiger partial charge in [0.15, 0.2) is 0 Å². The van der Waals surface area contributed by atoms with Crippen molar-refractivity contribution in [2.75, 3.05) is 7.11 Å². The maximum atomic E-state index is 13.0. The summed E-state index contributed by atoms with van der Waals surface area (Å²) >= 11 is 0. The van der Waals surface area contributed by atoms with E-state index in [-0.39, 0.29) is 28.6 Å². The Hall–Kier alpha value is -1.45. The molecule has 4 aliphatic carbocycles. The van der Waals surface area contributed by atoms with E-state index in [0.717, 1.165) is 32.1 Å². The summed E-state index contributed by atoms with van der Waals surface area (Å²) in [7, 11) is 1.46. The molecule has 0 aliphatic heterocycles. The lowest BCUT2D eigenvalue weighted by Crippen LogP contribution is -2.56. The van der Waals surface area contributed by atoms with Crippen LogP contribution in [0, 0.1) is 58.2 Å². The van der Waals surface area contributed by atoms with Gasteiger partial charge in [-0.25, -0.2) is 0 Å². The number of hydrogen-bond donors (Lipinski definition) is 0. The minimum atomic E-state index is -0.121. The van der Waals surface area contributed by atoms with E-state index in [0.29, 0.717) is 53.5 Å². The molecule has 0 radical (unpaired) electrons. The zero-order valence-electron chi connectivity index (χ0n) is 21.6. The Bertz CT molecular complexity index is 829. The second-order valence-electron chi connectivity index (χ2n) is 12.4. The van der Waals surface area contributed by atoms with E-state index in [1.807, 2.05) is 0 Å². The number of carbonyl (C=O) groups is 3. The molecule has 0 N–H and O–H groups in total. The van der Waals surface area contributed by atoms with Gasteiger partial charge in [-0.1, -0.05) is 32.9 Å². The summed E-state index contributed by atoms with van der Waals surface area (Å²) in [6.45, 7) is 10.7. The van der Waals surface area contributed by atoms with Crippen LogP contribution in [-0.4, -0.2) is 24.6 Å². The van der Waals surface area contributed by atoms with Crippen LogP contribution in [0.1, 0.15) is 86.0 Å². The van der Waals surface area contributed by atoms with E-state index in [2.05, 4.69) is 32.9 Å². The van der Waals surface area contributed by atoms with Gasteiger partial charge in [0.1, 0.15) is 11.6 Å². The van der Waals surface area contributed by atoms with Gasteiger partial charge in [-0.3, -0.25) is 14.4 Å². The number of carbonyl (C=O) groups excluding carboxylic acids is 3. The van der Waals surface area contributed by atoms with Crippen molar-refractivity contribution >= 4 is 17.5 Å². The van der Waals surface area contributed by atoms with E-state index in [1.165, 1.54) is 20.0 Å². The zero-order chi connectivity index (χ0) is 24.1. The minimum Gasteiger partial charge on any atom is -0.469 e. The smallest absolute Gasteiger partial charge is 0.305 e. The molecule has 4 rings (SSSR count). The molecule has 0 bridgehead atoms. The number of Topliss-reactive ketones (excluding diaryl/α,β-unsaturated/α-hetero) is 2. The maximum absolute atomic E-state index is 13.0. The predicted octanol–water partition coefficient (Wildman–Crippen LogP) is 6.03. The molecule has 0 amide bonds. The molecule has 0 aromatic heterocycles. The summed E-state index contributed by atoms with van der Waals surface area (Å²) in [5.74, 6) is 3.65. The van der Waals surface area contributed by atoms with Crippen molar-refractivity contribution in [3.05, 3.63) is 12.2 Å². The molecule has 10 atom stereocenters. The fraction of sp³-hybridized carbons (Fsp3) is 0.828. The fourth-order valence-electron chi connectivity index (χ4n) is 9.03. The highest BCUT2D eigenvalue weighted by Crippen LogP contribution is 2.67. The monoisotopic (exact) mass is 456 g/mol. The standard InChI is InChI=1S/C29H44O4/c1-17(7-10-26(32)33-6)23-8-9-24-27-22(19(3)31)16-21-15-20(18(2)30)11-13-28(21,4)25(27)12-14-29(23,24)5/h12,14,17,20-25,27H,7-11,13,15-16H2,1-6H3/t17-,20?,21?,22?,23-,24+,25+,27+,28+,29-/m1/s1. The van der Waals surface area contributed by atoms with Crippen LogP contribution in [0.15, 0.2) is 12.2 Å². The van der Waals surface area contributed by atoms with Crippen LogP contribution in [0.5, 0.6) is 0 Å². The Kier molecular flexibility index (Phi) is 6.70. The number of methoxy groups -OCH3 is 1. The topological polar surface area (TPSA) is 60.4 Å². The molecule has 4 heteroatoms. The molecular weight excluding hydrogens is 412 g/mol. The lowest BCUT2D eigenvalue weighted by molar-refractivity contribution is -0.143. The van der Waals surface area contributed by atoms with Crippen molar-refractivity contribution in [1.82, 2.24) is 0 Å². The van der Waals surface area contributed by atoms with Gasteiger partial charge in [-0.05, 0) is 105 Å². The first-order valence-corrected chi connectivity index (χ1v) is 13.3. The summed E-state index contributed by atoms with van der Waals surface area (Å²) in [6, 6.07) is 0. The van der Waals surface area contributed by atoms with Gasteiger partial charge in [-0.15, -0.1) is 0 Å². The molecule has 184 valence electrons. The van der Waals surface area contributed by atoms with Crippen molar-refractivity contribution in [3.8, 4) is 0 Å². The van der Waals surface area contributed by atoms with Crippen LogP contribution in [0.3, 0.4) is 0 Å². The van der Waals surface area contributed by atoms with Crippen molar-refractivity contribution < 1.29 is 19.1 Å². The van der Waals surface area contributed by atoms with E-state index in [1.54, 1.807) is 13.8 Å². The summed E-state index contributed by atoms with van der Waals surface area (Å²) < 4.78 is 4.88. The molecule has 33 heavy (non-hydrogen) atoms. The van der Waals surface area contributed by atoms with Gasteiger partial charge in [0.2, 0.25) is 0 Å². The van der Waals surface area contributed by atoms with E-state index in [9.17, 15) is 14.4 Å². The molecule has 0 aromatic carbocycles. The normalized spacial score (nSPS) is 44.8. The van der Waals surface area contributed by atoms with E-state index in [4.69, 9.17) is 4.74 Å². The molecule has 0 spiro atoms. The molecule has 3 unspecified atom stereocenters. The Morgan fingerprint density at radius 1 is 1.06 bits per heavy atom. The molecule has 3 fully saturated rings. The third-order valence-electron chi connectivity index (χ3n) is 11.0. The Morgan fingerprint density at radius 3 is 2.42 bits per heavy atom. The average Bonchev–Trinajstić information content (AvgIpc) is 3.13. The van der Waals surface area contributed by atoms with Crippen molar-refractivity contribution in [1.29, 1.82) is 0 Å². The predicted molar refractivity (Wildman–Crippen MR) is 129 cm³/mol. The Morgan fingerprint density at radius 2 is 1.79 bits per heavy atom. The summed E-state index contributed by atoms with van der Waals surface area (Å²) in [5, 5.41) is 0. The van der Waals surface area contributed by atoms with Crippen molar-refractivity contribution in [3.63, 3.8) is 0 Å².